The van der Waals surface area contributed by atoms with Crippen LogP contribution in [0.1, 0.15) is 49.2 Å². The van der Waals surface area contributed by atoms with Crippen LogP contribution in [0.3, 0.4) is 0 Å². The number of aryl methyl sites for hydroxylation is 1. The van der Waals surface area contributed by atoms with Gasteiger partial charge in [0, 0.05) is 18.3 Å². The second-order valence-electron chi connectivity index (χ2n) is 5.86. The highest BCUT2D eigenvalue weighted by Crippen LogP contribution is 2.18. The molecule has 0 spiro atoms. The molecule has 0 radical (unpaired) electrons. The molecule has 2 heterocycles. The maximum Gasteiger partial charge on any atom is 0.254 e. The molecule has 2 rings (SSSR count). The monoisotopic (exact) mass is 367 g/mol. The molecule has 1 fully saturated rings. The summed E-state index contributed by atoms with van der Waals surface area (Å²) in [5.74, 6) is -0.304. The molecule has 2 atom stereocenters. The number of piperidine rings is 1. The van der Waals surface area contributed by atoms with Crippen molar-refractivity contribution >= 4 is 27.7 Å². The molecule has 0 saturated carbocycles. The Morgan fingerprint density at radius 2 is 2.14 bits per heavy atom. The number of nitrogens with zero attached hydrogens (tertiary/aromatic N) is 2. The number of rotatable bonds is 3. The second kappa shape index (κ2) is 7.22. The van der Waals surface area contributed by atoms with Crippen LogP contribution in [0.25, 0.3) is 0 Å². The number of halogens is 1. The fourth-order valence-electron chi connectivity index (χ4n) is 2.70. The minimum atomic E-state index is -0.541. The zero-order valence-corrected chi connectivity index (χ0v) is 14.8. The van der Waals surface area contributed by atoms with Crippen LogP contribution in [0, 0.1) is 6.92 Å². The summed E-state index contributed by atoms with van der Waals surface area (Å²) in [5, 5.41) is 2.77. The van der Waals surface area contributed by atoms with Crippen LogP contribution in [-0.4, -0.2) is 40.3 Å². The van der Waals surface area contributed by atoms with Crippen molar-refractivity contribution in [3.05, 3.63) is 28.0 Å². The summed E-state index contributed by atoms with van der Waals surface area (Å²) >= 11 is 3.29. The number of carbonyl (C=O) groups excluding carboxylic acids is 2. The maximum atomic E-state index is 12.5. The molecule has 120 valence electrons. The van der Waals surface area contributed by atoms with Gasteiger partial charge in [-0.25, -0.2) is 4.98 Å². The van der Waals surface area contributed by atoms with Crippen molar-refractivity contribution in [3.8, 4) is 0 Å². The van der Waals surface area contributed by atoms with Crippen LogP contribution >= 0.6 is 15.9 Å². The van der Waals surface area contributed by atoms with Gasteiger partial charge in [-0.1, -0.05) is 0 Å². The summed E-state index contributed by atoms with van der Waals surface area (Å²) in [7, 11) is 0. The summed E-state index contributed by atoms with van der Waals surface area (Å²) in [6, 6.07) is 3.19. The van der Waals surface area contributed by atoms with Gasteiger partial charge in [0.2, 0.25) is 5.91 Å². The number of aromatic nitrogens is 1. The van der Waals surface area contributed by atoms with Gasteiger partial charge in [-0.3, -0.25) is 9.59 Å². The number of carbonyl (C=O) groups is 2. The first-order valence-corrected chi connectivity index (χ1v) is 8.44. The Kier molecular flexibility index (Phi) is 5.56. The van der Waals surface area contributed by atoms with E-state index >= 15 is 0 Å². The fourth-order valence-corrected chi connectivity index (χ4v) is 3.30. The maximum absolute atomic E-state index is 12.5. The van der Waals surface area contributed by atoms with E-state index in [1.54, 1.807) is 19.1 Å². The Labute approximate surface area is 139 Å². The minimum Gasteiger partial charge on any atom is -0.340 e. The van der Waals surface area contributed by atoms with Gasteiger partial charge < -0.3 is 10.2 Å². The van der Waals surface area contributed by atoms with Crippen molar-refractivity contribution in [2.24, 2.45) is 0 Å². The van der Waals surface area contributed by atoms with E-state index in [9.17, 15) is 9.59 Å². The van der Waals surface area contributed by atoms with Crippen molar-refractivity contribution in [2.45, 2.75) is 52.1 Å². The van der Waals surface area contributed by atoms with Gasteiger partial charge >= 0.3 is 0 Å². The van der Waals surface area contributed by atoms with E-state index in [1.807, 2.05) is 11.8 Å². The molecule has 1 aromatic heterocycles. The average Bonchev–Trinajstić information content (AvgIpc) is 2.46. The molecule has 1 aromatic rings. The summed E-state index contributed by atoms with van der Waals surface area (Å²) in [5.41, 5.74) is 1.27. The smallest absolute Gasteiger partial charge is 0.254 e. The lowest BCUT2D eigenvalue weighted by Crippen LogP contribution is -2.51. The molecule has 1 N–H and O–H groups in total. The number of hydrogen-bond acceptors (Lipinski definition) is 3. The van der Waals surface area contributed by atoms with Gasteiger partial charge in [0.05, 0.1) is 5.56 Å². The Morgan fingerprint density at radius 1 is 1.41 bits per heavy atom. The molecule has 1 saturated heterocycles. The van der Waals surface area contributed by atoms with Crippen LogP contribution in [-0.2, 0) is 4.79 Å². The lowest BCUT2D eigenvalue weighted by Gasteiger charge is -2.35. The summed E-state index contributed by atoms with van der Waals surface area (Å²) in [4.78, 5) is 30.9. The largest absolute Gasteiger partial charge is 0.340 e. The van der Waals surface area contributed by atoms with Crippen molar-refractivity contribution in [2.75, 3.05) is 6.54 Å². The zero-order valence-electron chi connectivity index (χ0n) is 13.2. The summed E-state index contributed by atoms with van der Waals surface area (Å²) in [6.07, 6.45) is 3.22. The third-order valence-electron chi connectivity index (χ3n) is 4.04. The minimum absolute atomic E-state index is 0.0169. The standard InChI is InChI=1S/C16H22BrN3O2/c1-10-7-8-13(14(17)18-10)15(21)19-12(3)16(22)20-9-5-4-6-11(20)2/h7-8,11-12H,4-6,9H2,1-3H3,(H,19,21)/t11-,12+/m1/s1. The summed E-state index contributed by atoms with van der Waals surface area (Å²) in [6.45, 7) is 6.43. The normalized spacial score (nSPS) is 19.6. The molecular formula is C16H22BrN3O2. The molecule has 0 bridgehead atoms. The molecule has 1 aliphatic rings. The van der Waals surface area contributed by atoms with Crippen molar-refractivity contribution in [1.29, 1.82) is 0 Å². The number of amides is 2. The first-order valence-electron chi connectivity index (χ1n) is 7.64. The topological polar surface area (TPSA) is 62.3 Å². The van der Waals surface area contributed by atoms with Crippen LogP contribution < -0.4 is 5.32 Å². The Balaban J connectivity index is 2.02. The van der Waals surface area contributed by atoms with E-state index < -0.39 is 6.04 Å². The Morgan fingerprint density at radius 3 is 2.77 bits per heavy atom. The highest BCUT2D eigenvalue weighted by atomic mass is 79.9. The number of nitrogens with one attached hydrogen (secondary N) is 1. The van der Waals surface area contributed by atoms with Crippen molar-refractivity contribution in [1.82, 2.24) is 15.2 Å². The Hall–Kier alpha value is -1.43. The molecule has 22 heavy (non-hydrogen) atoms. The molecule has 0 aliphatic carbocycles. The number of pyridine rings is 1. The van der Waals surface area contributed by atoms with Gasteiger partial charge in [-0.05, 0) is 68.1 Å². The number of hydrogen-bond donors (Lipinski definition) is 1. The molecule has 6 heteroatoms. The lowest BCUT2D eigenvalue weighted by atomic mass is 10.0. The fraction of sp³-hybridized carbons (Fsp3) is 0.562. The average molecular weight is 368 g/mol. The van der Waals surface area contributed by atoms with Gasteiger partial charge in [0.15, 0.2) is 0 Å². The van der Waals surface area contributed by atoms with E-state index in [-0.39, 0.29) is 17.9 Å². The molecule has 1 aliphatic heterocycles. The first-order chi connectivity index (χ1) is 10.4. The van der Waals surface area contributed by atoms with Gasteiger partial charge in [0.1, 0.15) is 10.6 Å². The van der Waals surface area contributed by atoms with Crippen molar-refractivity contribution in [3.63, 3.8) is 0 Å². The Bertz CT molecular complexity index is 577. The lowest BCUT2D eigenvalue weighted by molar-refractivity contribution is -0.136. The van der Waals surface area contributed by atoms with E-state index in [0.717, 1.165) is 31.5 Å². The third-order valence-corrected chi connectivity index (χ3v) is 4.64. The van der Waals surface area contributed by atoms with Crippen LogP contribution in [0.15, 0.2) is 16.7 Å². The molecule has 2 amide bonds. The predicted molar refractivity (Wildman–Crippen MR) is 88.6 cm³/mol. The predicted octanol–water partition coefficient (Wildman–Crippen LogP) is 2.67. The number of likely N-dealkylation sites (tertiary alicyclic amines) is 1. The van der Waals surface area contributed by atoms with Crippen LogP contribution in [0.2, 0.25) is 0 Å². The SMILES string of the molecule is Cc1ccc(C(=O)N[C@@H](C)C(=O)N2CCCC[C@H]2C)c(Br)n1. The van der Waals surface area contributed by atoms with Gasteiger partial charge in [-0.2, -0.15) is 0 Å². The highest BCUT2D eigenvalue weighted by molar-refractivity contribution is 9.10. The van der Waals surface area contributed by atoms with Gasteiger partial charge in [0.25, 0.3) is 5.91 Å². The van der Waals surface area contributed by atoms with Crippen LogP contribution in [0.4, 0.5) is 0 Å². The molecule has 0 unspecified atom stereocenters. The quantitative estimate of drug-likeness (QED) is 0.835. The third kappa shape index (κ3) is 3.85. The van der Waals surface area contributed by atoms with Gasteiger partial charge in [-0.15, -0.1) is 0 Å². The molecule has 5 nitrogen and oxygen atoms in total. The van der Waals surface area contributed by atoms with E-state index in [0.29, 0.717) is 10.2 Å². The van der Waals surface area contributed by atoms with E-state index in [1.165, 1.54) is 0 Å². The van der Waals surface area contributed by atoms with E-state index in [2.05, 4.69) is 33.2 Å². The summed E-state index contributed by atoms with van der Waals surface area (Å²) < 4.78 is 0.496. The van der Waals surface area contributed by atoms with Crippen LogP contribution in [0.5, 0.6) is 0 Å². The second-order valence-corrected chi connectivity index (χ2v) is 6.61. The molecular weight excluding hydrogens is 346 g/mol. The first kappa shape index (κ1) is 16.9. The zero-order chi connectivity index (χ0) is 16.3. The van der Waals surface area contributed by atoms with E-state index in [4.69, 9.17) is 0 Å². The molecule has 0 aromatic carbocycles. The van der Waals surface area contributed by atoms with Crippen molar-refractivity contribution < 1.29 is 9.59 Å². The highest BCUT2D eigenvalue weighted by Gasteiger charge is 2.28.